The highest BCUT2D eigenvalue weighted by Gasteiger charge is 2.09. The highest BCUT2D eigenvalue weighted by molar-refractivity contribution is 5.82. The highest BCUT2D eigenvalue weighted by Crippen LogP contribution is 1.82. The summed E-state index contributed by atoms with van der Waals surface area (Å²) in [4.78, 5) is 31.4. The smallest absolute Gasteiger partial charge is 0.234 e. The third kappa shape index (κ3) is 5.98. The second-order valence-electron chi connectivity index (χ2n) is 2.49. The zero-order valence-corrected chi connectivity index (χ0v) is 7.58. The molecule has 0 fully saturated rings. The summed E-state index contributed by atoms with van der Waals surface area (Å²) in [6, 6.07) is -0.691. The second kappa shape index (κ2) is 7.42. The number of nitrogens with one attached hydrogen (secondary N) is 2. The molecule has 5 nitrogen and oxygen atoms in total. The summed E-state index contributed by atoms with van der Waals surface area (Å²) >= 11 is 0. The van der Waals surface area contributed by atoms with Gasteiger partial charge in [-0.3, -0.25) is 4.79 Å². The Balaban J connectivity index is 3.72. The Labute approximate surface area is 76.9 Å². The Bertz CT molecular complexity index is 182. The minimum Gasteiger partial charge on any atom is -0.345 e. The van der Waals surface area contributed by atoms with Crippen LogP contribution in [0.25, 0.3) is 0 Å². The fourth-order valence-electron chi connectivity index (χ4n) is 0.749. The monoisotopic (exact) mass is 186 g/mol. The van der Waals surface area contributed by atoms with Crippen molar-refractivity contribution in [3.63, 3.8) is 0 Å². The van der Waals surface area contributed by atoms with Crippen LogP contribution in [0.5, 0.6) is 0 Å². The molecule has 0 aliphatic rings. The fourth-order valence-corrected chi connectivity index (χ4v) is 0.749. The Morgan fingerprint density at radius 3 is 2.62 bits per heavy atom. The molecule has 0 saturated heterocycles. The van der Waals surface area contributed by atoms with E-state index in [2.05, 4.69) is 10.6 Å². The van der Waals surface area contributed by atoms with E-state index in [-0.39, 0.29) is 18.9 Å². The summed E-state index contributed by atoms with van der Waals surface area (Å²) in [6.07, 6.45) is 1.19. The van der Waals surface area contributed by atoms with E-state index in [9.17, 15) is 14.4 Å². The Hall–Kier alpha value is -1.23. The normalized spacial score (nSPS) is 11.8. The van der Waals surface area contributed by atoms with Gasteiger partial charge in [0.2, 0.25) is 5.91 Å². The fraction of sp³-hybridized carbons (Fsp3) is 0.625. The van der Waals surface area contributed by atoms with Gasteiger partial charge in [0, 0.05) is 6.42 Å². The van der Waals surface area contributed by atoms with Crippen LogP contribution in [0.3, 0.4) is 0 Å². The van der Waals surface area contributed by atoms with Crippen molar-refractivity contribution in [1.29, 1.82) is 0 Å². The van der Waals surface area contributed by atoms with Crippen LogP contribution in [0.2, 0.25) is 0 Å². The number of aldehydes is 2. The predicted molar refractivity (Wildman–Crippen MR) is 47.2 cm³/mol. The van der Waals surface area contributed by atoms with Crippen LogP contribution >= 0.6 is 0 Å². The van der Waals surface area contributed by atoms with E-state index in [0.717, 1.165) is 0 Å². The van der Waals surface area contributed by atoms with Crippen molar-refractivity contribution < 1.29 is 14.4 Å². The van der Waals surface area contributed by atoms with Gasteiger partial charge in [-0.1, -0.05) is 6.92 Å². The van der Waals surface area contributed by atoms with Crippen molar-refractivity contribution in [2.45, 2.75) is 19.4 Å². The summed E-state index contributed by atoms with van der Waals surface area (Å²) in [7, 11) is 0. The van der Waals surface area contributed by atoms with Crippen LogP contribution in [0.15, 0.2) is 0 Å². The zero-order chi connectivity index (χ0) is 10.1. The third-order valence-electron chi connectivity index (χ3n) is 1.40. The van der Waals surface area contributed by atoms with Crippen LogP contribution < -0.4 is 10.6 Å². The molecule has 1 amide bonds. The van der Waals surface area contributed by atoms with Gasteiger partial charge in [0.25, 0.3) is 0 Å². The molecule has 0 radical (unpaired) electrons. The van der Waals surface area contributed by atoms with E-state index in [0.29, 0.717) is 19.1 Å². The molecule has 0 spiro atoms. The molecule has 0 bridgehead atoms. The van der Waals surface area contributed by atoms with Gasteiger partial charge in [-0.2, -0.15) is 0 Å². The maximum Gasteiger partial charge on any atom is 0.234 e. The summed E-state index contributed by atoms with van der Waals surface area (Å²) in [5, 5.41) is 5.20. The van der Waals surface area contributed by atoms with Crippen LogP contribution in [0.1, 0.15) is 13.3 Å². The van der Waals surface area contributed by atoms with Crippen LogP contribution in [0, 0.1) is 0 Å². The lowest BCUT2D eigenvalue weighted by atomic mass is 10.2. The average Bonchev–Trinajstić information content (AvgIpc) is 2.14. The minimum atomic E-state index is -0.691. The first-order valence-electron chi connectivity index (χ1n) is 4.13. The molecule has 5 heteroatoms. The molecule has 0 heterocycles. The van der Waals surface area contributed by atoms with Gasteiger partial charge in [-0.05, 0) is 6.54 Å². The quantitative estimate of drug-likeness (QED) is 0.493. The van der Waals surface area contributed by atoms with Crippen LogP contribution in [-0.4, -0.2) is 37.6 Å². The molecule has 1 atom stereocenters. The van der Waals surface area contributed by atoms with Gasteiger partial charge in [0.05, 0.1) is 12.6 Å². The van der Waals surface area contributed by atoms with E-state index in [4.69, 9.17) is 0 Å². The van der Waals surface area contributed by atoms with Crippen LogP contribution in [0.4, 0.5) is 0 Å². The molecule has 2 N–H and O–H groups in total. The van der Waals surface area contributed by atoms with Crippen molar-refractivity contribution in [2.24, 2.45) is 0 Å². The van der Waals surface area contributed by atoms with E-state index >= 15 is 0 Å². The molecule has 0 aliphatic carbocycles. The molecule has 74 valence electrons. The number of likely N-dealkylation sites (N-methyl/N-ethyl adjacent to an activating group) is 1. The molecule has 0 saturated carbocycles. The molecule has 0 rings (SSSR count). The maximum atomic E-state index is 11.0. The molecular weight excluding hydrogens is 172 g/mol. The summed E-state index contributed by atoms with van der Waals surface area (Å²) < 4.78 is 0. The van der Waals surface area contributed by atoms with Gasteiger partial charge in [0.15, 0.2) is 0 Å². The average molecular weight is 186 g/mol. The van der Waals surface area contributed by atoms with Crippen molar-refractivity contribution in [1.82, 2.24) is 10.6 Å². The molecule has 0 aromatic carbocycles. The zero-order valence-electron chi connectivity index (χ0n) is 7.58. The van der Waals surface area contributed by atoms with Gasteiger partial charge in [0.1, 0.15) is 12.6 Å². The largest absolute Gasteiger partial charge is 0.345 e. The first-order chi connectivity index (χ1) is 6.24. The van der Waals surface area contributed by atoms with Gasteiger partial charge in [-0.25, -0.2) is 0 Å². The Morgan fingerprint density at radius 2 is 2.15 bits per heavy atom. The number of hydrogen-bond acceptors (Lipinski definition) is 4. The lowest BCUT2D eigenvalue weighted by Gasteiger charge is -2.09. The number of rotatable bonds is 7. The lowest BCUT2D eigenvalue weighted by Crippen LogP contribution is -2.41. The third-order valence-corrected chi connectivity index (χ3v) is 1.40. The Morgan fingerprint density at radius 1 is 1.46 bits per heavy atom. The minimum absolute atomic E-state index is 0.0291. The van der Waals surface area contributed by atoms with Gasteiger partial charge in [-0.15, -0.1) is 0 Å². The number of carbonyl (C=O) groups excluding carboxylic acids is 3. The van der Waals surface area contributed by atoms with Gasteiger partial charge < -0.3 is 20.2 Å². The van der Waals surface area contributed by atoms with E-state index in [1.54, 1.807) is 0 Å². The molecule has 13 heavy (non-hydrogen) atoms. The van der Waals surface area contributed by atoms with Crippen LogP contribution in [-0.2, 0) is 14.4 Å². The number of carbonyl (C=O) groups is 3. The van der Waals surface area contributed by atoms with Crippen molar-refractivity contribution in [3.05, 3.63) is 0 Å². The maximum absolute atomic E-state index is 11.0. The number of hydrogen-bond donors (Lipinski definition) is 2. The van der Waals surface area contributed by atoms with E-state index in [1.165, 1.54) is 0 Å². The predicted octanol–water partition coefficient (Wildman–Crippen LogP) is -1.13. The standard InChI is InChI=1S/C8H14N2O3/c1-2-9-5-8(13)10-7(6-12)3-4-11/h4,6-7,9H,2-3,5H2,1H3,(H,10,13)/t7-/m0/s1. The molecule has 0 aromatic heterocycles. The van der Waals surface area contributed by atoms with E-state index < -0.39 is 6.04 Å². The Kier molecular flexibility index (Phi) is 6.72. The highest BCUT2D eigenvalue weighted by atomic mass is 16.2. The van der Waals surface area contributed by atoms with Crippen molar-refractivity contribution in [3.8, 4) is 0 Å². The summed E-state index contributed by atoms with van der Waals surface area (Å²) in [5.41, 5.74) is 0. The number of amides is 1. The first-order valence-corrected chi connectivity index (χ1v) is 4.13. The first kappa shape index (κ1) is 11.8. The van der Waals surface area contributed by atoms with Gasteiger partial charge >= 0.3 is 0 Å². The molecule has 0 aliphatic heterocycles. The topological polar surface area (TPSA) is 75.3 Å². The lowest BCUT2D eigenvalue weighted by molar-refractivity contribution is -0.123. The van der Waals surface area contributed by atoms with E-state index in [1.807, 2.05) is 6.92 Å². The summed E-state index contributed by atoms with van der Waals surface area (Å²) in [5.74, 6) is -0.277. The molecular formula is C8H14N2O3. The second-order valence-corrected chi connectivity index (χ2v) is 2.49. The van der Waals surface area contributed by atoms with Crippen molar-refractivity contribution >= 4 is 18.5 Å². The SMILES string of the molecule is CCNCC(=O)N[C@H](C=O)CC=O. The molecule has 0 aromatic rings. The summed E-state index contributed by atoms with van der Waals surface area (Å²) in [6.45, 7) is 2.72. The van der Waals surface area contributed by atoms with Crippen molar-refractivity contribution in [2.75, 3.05) is 13.1 Å². The molecule has 0 unspecified atom stereocenters.